The first-order chi connectivity index (χ1) is 5.79. The Balaban J connectivity index is 2.65. The van der Waals surface area contributed by atoms with Crippen molar-refractivity contribution in [2.45, 2.75) is 6.54 Å². The average Bonchev–Trinajstić information content (AvgIpc) is 2.07. The summed E-state index contributed by atoms with van der Waals surface area (Å²) in [5, 5.41) is 7.10. The molecule has 0 unspecified atom stereocenters. The smallest absolute Gasteiger partial charge is 0.295 e. The number of amides is 1. The van der Waals surface area contributed by atoms with Crippen LogP contribution in [-0.2, 0) is 6.54 Å². The fourth-order valence-electron chi connectivity index (χ4n) is 1.21. The molecular formula is C8H7N3O. The summed E-state index contributed by atoms with van der Waals surface area (Å²) in [6.07, 6.45) is 0. The Morgan fingerprint density at radius 1 is 1.42 bits per heavy atom. The molecule has 4 heteroatoms. The SMILES string of the molecule is Nc1cccc2c1CN=NC2=O. The van der Waals surface area contributed by atoms with Gasteiger partial charge in [0.15, 0.2) is 0 Å². The molecule has 0 bridgehead atoms. The van der Waals surface area contributed by atoms with E-state index >= 15 is 0 Å². The van der Waals surface area contributed by atoms with Gasteiger partial charge in [0.25, 0.3) is 5.91 Å². The van der Waals surface area contributed by atoms with Gasteiger partial charge in [0, 0.05) is 11.3 Å². The lowest BCUT2D eigenvalue weighted by molar-refractivity contribution is 0.0988. The molecule has 0 atom stereocenters. The Bertz CT molecular complexity index is 371. The van der Waals surface area contributed by atoms with Crippen LogP contribution in [0.3, 0.4) is 0 Å². The molecule has 2 rings (SSSR count). The van der Waals surface area contributed by atoms with Crippen molar-refractivity contribution >= 4 is 11.6 Å². The molecule has 0 spiro atoms. The maximum Gasteiger partial charge on any atom is 0.295 e. The van der Waals surface area contributed by atoms with Crippen LogP contribution < -0.4 is 5.73 Å². The zero-order chi connectivity index (χ0) is 8.55. The lowest BCUT2D eigenvalue weighted by atomic mass is 10.0. The van der Waals surface area contributed by atoms with Gasteiger partial charge >= 0.3 is 0 Å². The summed E-state index contributed by atoms with van der Waals surface area (Å²) >= 11 is 0. The highest BCUT2D eigenvalue weighted by atomic mass is 16.1. The Labute approximate surface area is 69.1 Å². The molecule has 1 aliphatic heterocycles. The highest BCUT2D eigenvalue weighted by Crippen LogP contribution is 2.22. The summed E-state index contributed by atoms with van der Waals surface area (Å²) in [6, 6.07) is 5.21. The van der Waals surface area contributed by atoms with E-state index in [1.165, 1.54) is 0 Å². The Hall–Kier alpha value is -1.71. The van der Waals surface area contributed by atoms with Crippen molar-refractivity contribution < 1.29 is 4.79 Å². The van der Waals surface area contributed by atoms with Crippen molar-refractivity contribution in [2.24, 2.45) is 10.2 Å². The Morgan fingerprint density at radius 2 is 2.25 bits per heavy atom. The van der Waals surface area contributed by atoms with E-state index in [-0.39, 0.29) is 5.91 Å². The molecule has 60 valence electrons. The van der Waals surface area contributed by atoms with E-state index in [0.29, 0.717) is 17.8 Å². The van der Waals surface area contributed by atoms with Crippen LogP contribution in [0.4, 0.5) is 5.69 Å². The highest BCUT2D eigenvalue weighted by molar-refractivity contribution is 5.97. The van der Waals surface area contributed by atoms with Crippen molar-refractivity contribution in [1.29, 1.82) is 0 Å². The van der Waals surface area contributed by atoms with E-state index in [1.807, 2.05) is 0 Å². The van der Waals surface area contributed by atoms with Gasteiger partial charge in [-0.3, -0.25) is 4.79 Å². The molecule has 0 radical (unpaired) electrons. The molecule has 0 saturated heterocycles. The van der Waals surface area contributed by atoms with Gasteiger partial charge in [-0.25, -0.2) is 0 Å². The number of hydrogen-bond donors (Lipinski definition) is 1. The molecule has 0 aromatic heterocycles. The third-order valence-electron chi connectivity index (χ3n) is 1.83. The first kappa shape index (κ1) is 6.97. The largest absolute Gasteiger partial charge is 0.398 e. The number of nitrogens with two attached hydrogens (primary N) is 1. The molecule has 1 aromatic rings. The first-order valence-electron chi connectivity index (χ1n) is 3.58. The Morgan fingerprint density at radius 3 is 3.00 bits per heavy atom. The number of anilines is 1. The average molecular weight is 161 g/mol. The maximum atomic E-state index is 11.1. The van der Waals surface area contributed by atoms with E-state index < -0.39 is 0 Å². The predicted molar refractivity (Wildman–Crippen MR) is 43.7 cm³/mol. The summed E-state index contributed by atoms with van der Waals surface area (Å²) in [6.45, 7) is 0.410. The van der Waals surface area contributed by atoms with Crippen LogP contribution in [0, 0.1) is 0 Å². The molecule has 1 aromatic carbocycles. The monoisotopic (exact) mass is 161 g/mol. The number of nitrogens with zero attached hydrogens (tertiary/aromatic N) is 2. The number of rotatable bonds is 0. The molecule has 0 fully saturated rings. The normalized spacial score (nSPS) is 14.5. The molecule has 1 amide bonds. The second-order valence-electron chi connectivity index (χ2n) is 2.58. The fraction of sp³-hybridized carbons (Fsp3) is 0.125. The number of nitrogen functional groups attached to an aromatic ring is 1. The summed E-state index contributed by atoms with van der Waals surface area (Å²) in [7, 11) is 0. The third kappa shape index (κ3) is 0.887. The van der Waals surface area contributed by atoms with Crippen molar-refractivity contribution in [1.82, 2.24) is 0 Å². The lowest BCUT2D eigenvalue weighted by Crippen LogP contribution is -2.07. The Kier molecular flexibility index (Phi) is 1.40. The van der Waals surface area contributed by atoms with Gasteiger partial charge in [-0.1, -0.05) is 6.07 Å². The number of azo groups is 1. The van der Waals surface area contributed by atoms with Crippen molar-refractivity contribution in [3.8, 4) is 0 Å². The van der Waals surface area contributed by atoms with Crippen molar-refractivity contribution in [3.63, 3.8) is 0 Å². The first-order valence-corrected chi connectivity index (χ1v) is 3.58. The number of hydrogen-bond acceptors (Lipinski definition) is 3. The summed E-state index contributed by atoms with van der Waals surface area (Å²) in [5.74, 6) is -0.302. The molecule has 1 aliphatic rings. The molecule has 1 heterocycles. The van der Waals surface area contributed by atoms with E-state index in [1.54, 1.807) is 18.2 Å². The van der Waals surface area contributed by atoms with Crippen LogP contribution in [0.2, 0.25) is 0 Å². The lowest BCUT2D eigenvalue weighted by Gasteiger charge is -2.09. The molecule has 0 saturated carbocycles. The zero-order valence-electron chi connectivity index (χ0n) is 6.32. The van der Waals surface area contributed by atoms with E-state index in [0.717, 1.165) is 5.56 Å². The van der Waals surface area contributed by atoms with Gasteiger partial charge in [-0.15, -0.1) is 5.11 Å². The van der Waals surface area contributed by atoms with Crippen LogP contribution >= 0.6 is 0 Å². The van der Waals surface area contributed by atoms with Gasteiger partial charge in [0.2, 0.25) is 0 Å². The minimum atomic E-state index is -0.302. The van der Waals surface area contributed by atoms with E-state index in [4.69, 9.17) is 5.73 Å². The number of carbonyl (C=O) groups is 1. The zero-order valence-corrected chi connectivity index (χ0v) is 6.32. The van der Waals surface area contributed by atoms with Crippen LogP contribution in [-0.4, -0.2) is 5.91 Å². The predicted octanol–water partition coefficient (Wildman–Crippen LogP) is 1.37. The van der Waals surface area contributed by atoms with Crippen LogP contribution in [0.25, 0.3) is 0 Å². The quantitative estimate of drug-likeness (QED) is 0.584. The van der Waals surface area contributed by atoms with Crippen LogP contribution in [0.15, 0.2) is 28.4 Å². The van der Waals surface area contributed by atoms with Crippen LogP contribution in [0.1, 0.15) is 15.9 Å². The summed E-state index contributed by atoms with van der Waals surface area (Å²) in [5.41, 5.74) is 7.62. The maximum absolute atomic E-state index is 11.1. The van der Waals surface area contributed by atoms with Gasteiger partial charge in [0.1, 0.15) is 0 Å². The van der Waals surface area contributed by atoms with Gasteiger partial charge in [-0.2, -0.15) is 5.11 Å². The molecule has 4 nitrogen and oxygen atoms in total. The fourth-order valence-corrected chi connectivity index (χ4v) is 1.21. The van der Waals surface area contributed by atoms with Gasteiger partial charge in [-0.05, 0) is 12.1 Å². The second-order valence-corrected chi connectivity index (χ2v) is 2.58. The van der Waals surface area contributed by atoms with Crippen molar-refractivity contribution in [3.05, 3.63) is 29.3 Å². The summed E-state index contributed by atoms with van der Waals surface area (Å²) < 4.78 is 0. The van der Waals surface area contributed by atoms with Crippen LogP contribution in [0.5, 0.6) is 0 Å². The number of fused-ring (bicyclic) bond motifs is 1. The van der Waals surface area contributed by atoms with E-state index in [9.17, 15) is 4.79 Å². The molecule has 12 heavy (non-hydrogen) atoms. The molecule has 2 N–H and O–H groups in total. The second kappa shape index (κ2) is 2.41. The minimum Gasteiger partial charge on any atom is -0.398 e. The van der Waals surface area contributed by atoms with Gasteiger partial charge in [0.05, 0.1) is 12.1 Å². The summed E-state index contributed by atoms with van der Waals surface area (Å²) in [4.78, 5) is 11.1. The highest BCUT2D eigenvalue weighted by Gasteiger charge is 2.16. The van der Waals surface area contributed by atoms with Crippen molar-refractivity contribution in [2.75, 3.05) is 5.73 Å². The number of benzene rings is 1. The molecule has 0 aliphatic carbocycles. The topological polar surface area (TPSA) is 67.8 Å². The minimum absolute atomic E-state index is 0.302. The molecular weight excluding hydrogens is 154 g/mol. The van der Waals surface area contributed by atoms with Gasteiger partial charge < -0.3 is 5.73 Å². The standard InChI is InChI=1S/C8H7N3O/c9-7-3-1-2-5-6(7)4-10-11-8(5)12/h1-3H,4,9H2. The van der Waals surface area contributed by atoms with E-state index in [2.05, 4.69) is 10.2 Å². The number of carbonyl (C=O) groups excluding carboxylic acids is 1. The third-order valence-corrected chi connectivity index (χ3v) is 1.83.